The average molecular weight is 271 g/mol. The van der Waals surface area contributed by atoms with Gasteiger partial charge in [0, 0.05) is 17.0 Å². The second-order valence-corrected chi connectivity index (χ2v) is 5.75. The highest BCUT2D eigenvalue weighted by Gasteiger charge is 2.24. The van der Waals surface area contributed by atoms with Gasteiger partial charge in [-0.05, 0) is 31.4 Å². The standard InChI is InChI=1S/C13H21NO3S/c1-4-13(5-2,8-15)14-7-10-6-11(12(16)17)18-9(10)3/h6,14-15H,4-5,7-8H2,1-3H3,(H,16,17). The second kappa shape index (κ2) is 6.31. The molecule has 0 radical (unpaired) electrons. The van der Waals surface area contributed by atoms with Crippen molar-refractivity contribution in [3.05, 3.63) is 21.4 Å². The number of nitrogens with one attached hydrogen (secondary N) is 1. The molecule has 18 heavy (non-hydrogen) atoms. The van der Waals surface area contributed by atoms with Crippen molar-refractivity contribution >= 4 is 17.3 Å². The summed E-state index contributed by atoms with van der Waals surface area (Å²) in [5.41, 5.74) is 0.731. The van der Waals surface area contributed by atoms with Gasteiger partial charge in [0.25, 0.3) is 0 Å². The summed E-state index contributed by atoms with van der Waals surface area (Å²) >= 11 is 1.29. The molecular formula is C13H21NO3S. The summed E-state index contributed by atoms with van der Waals surface area (Å²) in [6.07, 6.45) is 1.68. The minimum Gasteiger partial charge on any atom is -0.477 e. The lowest BCUT2D eigenvalue weighted by Gasteiger charge is -2.31. The number of rotatable bonds is 7. The predicted octanol–water partition coefficient (Wildman–Crippen LogP) is 2.40. The number of aliphatic hydroxyl groups is 1. The Morgan fingerprint density at radius 2 is 2.06 bits per heavy atom. The number of aromatic carboxylic acids is 1. The molecule has 0 fully saturated rings. The van der Waals surface area contributed by atoms with Crippen LogP contribution < -0.4 is 5.32 Å². The molecule has 5 heteroatoms. The Hall–Kier alpha value is -0.910. The first-order valence-corrected chi connectivity index (χ1v) is 6.98. The molecule has 1 rings (SSSR count). The fourth-order valence-corrected chi connectivity index (χ4v) is 2.74. The zero-order valence-corrected chi connectivity index (χ0v) is 11.9. The van der Waals surface area contributed by atoms with Gasteiger partial charge in [-0.25, -0.2) is 4.79 Å². The molecule has 102 valence electrons. The SMILES string of the molecule is CCC(CC)(CO)NCc1cc(C(=O)O)sc1C. The molecule has 1 aromatic rings. The van der Waals surface area contributed by atoms with Crippen LogP contribution in [0.15, 0.2) is 6.07 Å². The van der Waals surface area contributed by atoms with Crippen LogP contribution in [-0.4, -0.2) is 28.3 Å². The smallest absolute Gasteiger partial charge is 0.345 e. The van der Waals surface area contributed by atoms with Crippen LogP contribution in [0.4, 0.5) is 0 Å². The van der Waals surface area contributed by atoms with Crippen molar-refractivity contribution < 1.29 is 15.0 Å². The van der Waals surface area contributed by atoms with Crippen molar-refractivity contribution in [2.24, 2.45) is 0 Å². The molecule has 0 spiro atoms. The molecule has 0 saturated heterocycles. The highest BCUT2D eigenvalue weighted by atomic mass is 32.1. The first-order chi connectivity index (χ1) is 8.48. The molecule has 3 N–H and O–H groups in total. The van der Waals surface area contributed by atoms with E-state index in [1.54, 1.807) is 6.07 Å². The van der Waals surface area contributed by atoms with Crippen LogP contribution in [0.3, 0.4) is 0 Å². The van der Waals surface area contributed by atoms with E-state index in [2.05, 4.69) is 5.32 Å². The summed E-state index contributed by atoms with van der Waals surface area (Å²) in [4.78, 5) is 12.3. The molecular weight excluding hydrogens is 250 g/mol. The van der Waals surface area contributed by atoms with Crippen LogP contribution >= 0.6 is 11.3 Å². The average Bonchev–Trinajstić information content (AvgIpc) is 2.74. The number of carboxylic acids is 1. The topological polar surface area (TPSA) is 69.6 Å². The van der Waals surface area contributed by atoms with E-state index >= 15 is 0 Å². The summed E-state index contributed by atoms with van der Waals surface area (Å²) in [6, 6.07) is 1.71. The minimum absolute atomic E-state index is 0.0922. The number of aryl methyl sites for hydroxylation is 1. The molecule has 1 aromatic heterocycles. The van der Waals surface area contributed by atoms with Crippen molar-refractivity contribution in [1.82, 2.24) is 5.32 Å². The Balaban J connectivity index is 2.76. The number of carbonyl (C=O) groups is 1. The van der Waals surface area contributed by atoms with Gasteiger partial charge in [0.15, 0.2) is 0 Å². The molecule has 0 saturated carbocycles. The normalized spacial score (nSPS) is 11.8. The first kappa shape index (κ1) is 15.1. The van der Waals surface area contributed by atoms with Crippen LogP contribution in [0.25, 0.3) is 0 Å². The van der Waals surface area contributed by atoms with Gasteiger partial charge >= 0.3 is 5.97 Å². The van der Waals surface area contributed by atoms with Crippen molar-refractivity contribution in [2.45, 2.75) is 45.7 Å². The van der Waals surface area contributed by atoms with Crippen LogP contribution in [0.5, 0.6) is 0 Å². The van der Waals surface area contributed by atoms with Crippen molar-refractivity contribution in [3.63, 3.8) is 0 Å². The minimum atomic E-state index is -0.881. The van der Waals surface area contributed by atoms with Gasteiger partial charge in [0.2, 0.25) is 0 Å². The van der Waals surface area contributed by atoms with E-state index < -0.39 is 5.97 Å². The van der Waals surface area contributed by atoms with E-state index in [1.807, 2.05) is 20.8 Å². The Morgan fingerprint density at radius 3 is 2.44 bits per heavy atom. The van der Waals surface area contributed by atoms with Crippen LogP contribution in [0.1, 0.15) is 46.8 Å². The second-order valence-electron chi connectivity index (χ2n) is 4.50. The summed E-state index contributed by atoms with van der Waals surface area (Å²) < 4.78 is 0. The van der Waals surface area contributed by atoms with Crippen molar-refractivity contribution in [2.75, 3.05) is 6.61 Å². The Kier molecular flexibility index (Phi) is 5.31. The maximum atomic E-state index is 10.9. The van der Waals surface area contributed by atoms with Gasteiger partial charge in [0.1, 0.15) is 4.88 Å². The quantitative estimate of drug-likeness (QED) is 0.712. The molecule has 4 nitrogen and oxygen atoms in total. The Morgan fingerprint density at radius 1 is 1.44 bits per heavy atom. The maximum Gasteiger partial charge on any atom is 0.345 e. The summed E-state index contributed by atoms with van der Waals surface area (Å²) in [5.74, 6) is -0.881. The number of hydrogen-bond donors (Lipinski definition) is 3. The Bertz CT molecular complexity index is 402. The molecule has 0 aliphatic heterocycles. The number of thiophene rings is 1. The fourth-order valence-electron chi connectivity index (χ4n) is 1.86. The lowest BCUT2D eigenvalue weighted by Crippen LogP contribution is -2.47. The molecule has 0 aliphatic rings. The van der Waals surface area contributed by atoms with Crippen LogP contribution in [0, 0.1) is 6.92 Å². The summed E-state index contributed by atoms with van der Waals surface area (Å²) in [6.45, 7) is 6.69. The van der Waals surface area contributed by atoms with Gasteiger partial charge in [-0.2, -0.15) is 0 Å². The van der Waals surface area contributed by atoms with Crippen molar-refractivity contribution in [1.29, 1.82) is 0 Å². The highest BCUT2D eigenvalue weighted by molar-refractivity contribution is 7.14. The van der Waals surface area contributed by atoms with Gasteiger partial charge in [-0.15, -0.1) is 11.3 Å². The molecule has 1 heterocycles. The van der Waals surface area contributed by atoms with E-state index in [0.717, 1.165) is 23.3 Å². The van der Waals surface area contributed by atoms with E-state index in [9.17, 15) is 9.90 Å². The van der Waals surface area contributed by atoms with Gasteiger partial charge in [-0.3, -0.25) is 0 Å². The third kappa shape index (κ3) is 3.31. The number of hydrogen-bond acceptors (Lipinski definition) is 4. The largest absolute Gasteiger partial charge is 0.477 e. The van der Waals surface area contributed by atoms with Gasteiger partial charge < -0.3 is 15.5 Å². The van der Waals surface area contributed by atoms with E-state index in [4.69, 9.17) is 5.11 Å². The highest BCUT2D eigenvalue weighted by Crippen LogP contribution is 2.23. The van der Waals surface area contributed by atoms with E-state index in [1.165, 1.54) is 11.3 Å². The number of aliphatic hydroxyl groups excluding tert-OH is 1. The fraction of sp³-hybridized carbons (Fsp3) is 0.615. The van der Waals surface area contributed by atoms with Crippen molar-refractivity contribution in [3.8, 4) is 0 Å². The number of carboxylic acid groups (broad SMARTS) is 1. The Labute approximate surface area is 112 Å². The van der Waals surface area contributed by atoms with E-state index in [-0.39, 0.29) is 12.1 Å². The summed E-state index contributed by atoms with van der Waals surface area (Å²) in [5, 5.41) is 21.8. The lowest BCUT2D eigenvalue weighted by molar-refractivity contribution is 0.0702. The zero-order valence-electron chi connectivity index (χ0n) is 11.1. The molecule has 0 amide bonds. The van der Waals surface area contributed by atoms with Gasteiger partial charge in [0.05, 0.1) is 6.61 Å². The molecule has 0 unspecified atom stereocenters. The predicted molar refractivity (Wildman–Crippen MR) is 73.3 cm³/mol. The first-order valence-electron chi connectivity index (χ1n) is 6.16. The monoisotopic (exact) mass is 271 g/mol. The third-order valence-corrected chi connectivity index (χ3v) is 4.62. The molecule has 0 bridgehead atoms. The molecule has 0 aromatic carbocycles. The molecule has 0 atom stereocenters. The van der Waals surface area contributed by atoms with Gasteiger partial charge in [-0.1, -0.05) is 13.8 Å². The molecule has 0 aliphatic carbocycles. The van der Waals surface area contributed by atoms with E-state index in [0.29, 0.717) is 11.4 Å². The van der Waals surface area contributed by atoms with Crippen LogP contribution in [0.2, 0.25) is 0 Å². The lowest BCUT2D eigenvalue weighted by atomic mass is 9.93. The van der Waals surface area contributed by atoms with Crippen LogP contribution in [-0.2, 0) is 6.54 Å². The third-order valence-electron chi connectivity index (χ3n) is 3.54. The summed E-state index contributed by atoms with van der Waals surface area (Å²) in [7, 11) is 0. The zero-order chi connectivity index (χ0) is 13.8. The maximum absolute atomic E-state index is 10.9.